The predicted octanol–water partition coefficient (Wildman–Crippen LogP) is 7.71. The van der Waals surface area contributed by atoms with Crippen LogP contribution >= 0.6 is 0 Å². The van der Waals surface area contributed by atoms with Crippen molar-refractivity contribution in [3.63, 3.8) is 0 Å². The minimum Gasteiger partial charge on any atom is -0.491 e. The van der Waals surface area contributed by atoms with E-state index in [1.54, 1.807) is 0 Å². The molecule has 0 saturated heterocycles. The Morgan fingerprint density at radius 3 is 2.11 bits per heavy atom. The van der Waals surface area contributed by atoms with Gasteiger partial charge in [0, 0.05) is 12.8 Å². The molecule has 2 aliphatic carbocycles. The molecule has 0 aromatic heterocycles. The number of anilines is 2. The number of hydrogen-bond acceptors (Lipinski definition) is 2. The summed E-state index contributed by atoms with van der Waals surface area (Å²) >= 11 is 0. The summed E-state index contributed by atoms with van der Waals surface area (Å²) in [4.78, 5) is 15.5. The molecule has 2 aliphatic rings. The van der Waals surface area contributed by atoms with Crippen molar-refractivity contribution >= 4 is 17.3 Å². The van der Waals surface area contributed by atoms with Gasteiger partial charge in [0.1, 0.15) is 5.75 Å². The van der Waals surface area contributed by atoms with Crippen LogP contribution in [0.3, 0.4) is 0 Å². The highest BCUT2D eigenvalue weighted by Gasteiger charge is 2.32. The molecule has 0 heterocycles. The van der Waals surface area contributed by atoms with Crippen molar-refractivity contribution in [1.29, 1.82) is 0 Å². The first-order valence-electron chi connectivity index (χ1n) is 12.6. The van der Waals surface area contributed by atoms with Gasteiger partial charge >= 0.3 is 0 Å². The average Bonchev–Trinajstić information content (AvgIpc) is 3.47. The Balaban J connectivity index is 1.58. The number of rotatable bonds is 6. The third-order valence-corrected chi connectivity index (χ3v) is 7.18. The summed E-state index contributed by atoms with van der Waals surface area (Å²) in [5.41, 5.74) is 11.4. The highest BCUT2D eigenvalue weighted by atomic mass is 16.5. The van der Waals surface area contributed by atoms with E-state index in [0.29, 0.717) is 12.5 Å². The molecule has 0 N–H and O–H groups in total. The molecule has 0 radical (unpaired) electrons. The van der Waals surface area contributed by atoms with Gasteiger partial charge in [-0.3, -0.25) is 9.69 Å². The third kappa shape index (κ3) is 3.54. The summed E-state index contributed by atoms with van der Waals surface area (Å²) < 4.78 is 6.37. The zero-order valence-electron chi connectivity index (χ0n) is 20.8. The molecule has 1 amide bonds. The van der Waals surface area contributed by atoms with E-state index in [1.165, 1.54) is 33.9 Å². The lowest BCUT2D eigenvalue weighted by Gasteiger charge is -2.29. The highest BCUT2D eigenvalue weighted by Crippen LogP contribution is 2.50. The summed E-state index contributed by atoms with van der Waals surface area (Å²) in [6.07, 6.45) is 2.96. The lowest BCUT2D eigenvalue weighted by Crippen LogP contribution is -2.27. The van der Waals surface area contributed by atoms with Crippen molar-refractivity contribution in [1.82, 2.24) is 0 Å². The summed E-state index contributed by atoms with van der Waals surface area (Å²) in [5.74, 6) is 0.944. The number of benzene rings is 4. The van der Waals surface area contributed by atoms with Gasteiger partial charge in [0.15, 0.2) is 0 Å². The lowest BCUT2D eigenvalue weighted by atomic mass is 10.00. The van der Waals surface area contributed by atoms with Crippen LogP contribution in [0.25, 0.3) is 22.3 Å². The molecule has 0 spiro atoms. The molecule has 36 heavy (non-hydrogen) atoms. The van der Waals surface area contributed by atoms with E-state index in [2.05, 4.69) is 87.2 Å². The minimum absolute atomic E-state index is 0.155. The molecular formula is C33H29NO2. The standard InChI is InChI=1S/C33H29NO2/c1-4-32(35)34(30-15-9-14-26-24-12-7-5-10-22(24)18-28(26)30)33-29-19-23-11-6-8-13-25(23)27(29)16-17-31(33)36-20-21(2)3/h4-17,21H,1,18-20H2,2-3H3. The number of amides is 1. The number of hydrogen-bond donors (Lipinski definition) is 0. The van der Waals surface area contributed by atoms with Crippen LogP contribution in [0.5, 0.6) is 5.75 Å². The first-order valence-corrected chi connectivity index (χ1v) is 12.6. The maximum Gasteiger partial charge on any atom is 0.255 e. The molecule has 0 saturated carbocycles. The van der Waals surface area contributed by atoms with E-state index in [-0.39, 0.29) is 5.91 Å². The van der Waals surface area contributed by atoms with Crippen LogP contribution in [0.15, 0.2) is 91.5 Å². The van der Waals surface area contributed by atoms with Gasteiger partial charge in [0.2, 0.25) is 0 Å². The van der Waals surface area contributed by atoms with E-state index < -0.39 is 0 Å². The second kappa shape index (κ2) is 8.83. The topological polar surface area (TPSA) is 29.5 Å². The molecule has 0 atom stereocenters. The molecule has 0 fully saturated rings. The molecule has 3 nitrogen and oxygen atoms in total. The van der Waals surface area contributed by atoms with Crippen molar-refractivity contribution < 1.29 is 9.53 Å². The van der Waals surface area contributed by atoms with Gasteiger partial charge in [0.05, 0.1) is 18.0 Å². The van der Waals surface area contributed by atoms with Crippen LogP contribution in [0.1, 0.15) is 36.1 Å². The first-order chi connectivity index (χ1) is 17.6. The van der Waals surface area contributed by atoms with Gasteiger partial charge in [-0.15, -0.1) is 0 Å². The highest BCUT2D eigenvalue weighted by molar-refractivity contribution is 6.10. The van der Waals surface area contributed by atoms with Crippen molar-refractivity contribution in [3.05, 3.63) is 114 Å². The van der Waals surface area contributed by atoms with Gasteiger partial charge in [-0.1, -0.05) is 87.2 Å². The Hall–Kier alpha value is -4.11. The molecule has 3 heteroatoms. The molecule has 4 aromatic carbocycles. The number of nitrogens with zero attached hydrogens (tertiary/aromatic N) is 1. The largest absolute Gasteiger partial charge is 0.491 e. The number of fused-ring (bicyclic) bond motifs is 6. The smallest absolute Gasteiger partial charge is 0.255 e. The number of ether oxygens (including phenoxy) is 1. The first kappa shape index (κ1) is 22.4. The third-order valence-electron chi connectivity index (χ3n) is 7.18. The van der Waals surface area contributed by atoms with Crippen LogP contribution in [0, 0.1) is 5.92 Å². The van der Waals surface area contributed by atoms with Crippen LogP contribution in [0.2, 0.25) is 0 Å². The van der Waals surface area contributed by atoms with E-state index in [1.807, 2.05) is 17.0 Å². The Bertz CT molecular complexity index is 1510. The van der Waals surface area contributed by atoms with Gasteiger partial charge in [-0.05, 0) is 68.6 Å². The maximum absolute atomic E-state index is 13.7. The van der Waals surface area contributed by atoms with Gasteiger partial charge in [-0.25, -0.2) is 0 Å². The summed E-state index contributed by atoms with van der Waals surface area (Å²) in [7, 11) is 0. The van der Waals surface area contributed by atoms with E-state index in [9.17, 15) is 4.79 Å². The fraction of sp³-hybridized carbons (Fsp3) is 0.182. The fourth-order valence-electron chi connectivity index (χ4n) is 5.58. The second-order valence-corrected chi connectivity index (χ2v) is 9.99. The fourth-order valence-corrected chi connectivity index (χ4v) is 5.58. The summed E-state index contributed by atoms with van der Waals surface area (Å²) in [6.45, 7) is 8.72. The molecule has 0 aliphatic heterocycles. The number of carbonyl (C=O) groups is 1. The van der Waals surface area contributed by atoms with Crippen molar-refractivity contribution in [3.8, 4) is 28.0 Å². The van der Waals surface area contributed by atoms with Crippen LogP contribution in [-0.2, 0) is 17.6 Å². The van der Waals surface area contributed by atoms with E-state index >= 15 is 0 Å². The molecular weight excluding hydrogens is 442 g/mol. The van der Waals surface area contributed by atoms with E-state index in [0.717, 1.165) is 46.7 Å². The quantitative estimate of drug-likeness (QED) is 0.233. The van der Waals surface area contributed by atoms with Crippen molar-refractivity contribution in [2.24, 2.45) is 5.92 Å². The predicted molar refractivity (Wildman–Crippen MR) is 147 cm³/mol. The Morgan fingerprint density at radius 2 is 1.44 bits per heavy atom. The molecule has 0 unspecified atom stereocenters. The minimum atomic E-state index is -0.155. The van der Waals surface area contributed by atoms with Crippen LogP contribution in [0.4, 0.5) is 11.4 Å². The number of carbonyl (C=O) groups excluding carboxylic acids is 1. The van der Waals surface area contributed by atoms with Gasteiger partial charge in [0.25, 0.3) is 5.91 Å². The molecule has 6 rings (SSSR count). The van der Waals surface area contributed by atoms with Crippen LogP contribution < -0.4 is 9.64 Å². The van der Waals surface area contributed by atoms with E-state index in [4.69, 9.17) is 4.74 Å². The molecule has 0 bridgehead atoms. The van der Waals surface area contributed by atoms with Crippen molar-refractivity contribution in [2.45, 2.75) is 26.7 Å². The van der Waals surface area contributed by atoms with Crippen molar-refractivity contribution in [2.75, 3.05) is 11.5 Å². The lowest BCUT2D eigenvalue weighted by molar-refractivity contribution is -0.113. The summed E-state index contributed by atoms with van der Waals surface area (Å²) in [5, 5.41) is 0. The molecule has 178 valence electrons. The normalized spacial score (nSPS) is 12.5. The van der Waals surface area contributed by atoms with Gasteiger partial charge in [-0.2, -0.15) is 0 Å². The van der Waals surface area contributed by atoms with Crippen LogP contribution in [-0.4, -0.2) is 12.5 Å². The molecule has 4 aromatic rings. The average molecular weight is 472 g/mol. The SMILES string of the molecule is C=CC(=O)N(c1cccc2c1Cc1ccccc1-2)c1c(OCC(C)C)ccc2c1Cc1ccccc1-2. The van der Waals surface area contributed by atoms with Gasteiger partial charge < -0.3 is 4.74 Å². The zero-order valence-corrected chi connectivity index (χ0v) is 20.8. The summed E-state index contributed by atoms with van der Waals surface area (Å²) in [6, 6.07) is 27.4. The monoisotopic (exact) mass is 471 g/mol. The Morgan fingerprint density at radius 1 is 0.833 bits per heavy atom. The Kier molecular flexibility index (Phi) is 5.49. The maximum atomic E-state index is 13.7. The Labute approximate surface area is 212 Å². The second-order valence-electron chi connectivity index (χ2n) is 9.99. The zero-order chi connectivity index (χ0) is 24.8.